The number of hydrogen-bond donors (Lipinski definition) is 2. The van der Waals surface area contributed by atoms with Crippen LogP contribution in [-0.4, -0.2) is 32.7 Å². The Kier molecular flexibility index (Phi) is 7.60. The van der Waals surface area contributed by atoms with E-state index in [1.54, 1.807) is 14.2 Å². The normalized spacial score (nSPS) is 18.9. The number of methoxy groups -OCH3 is 2. The third kappa shape index (κ3) is 5.21. The quantitative estimate of drug-likeness (QED) is 0.683. The number of ether oxygens (including phenoxy) is 2. The van der Waals surface area contributed by atoms with E-state index in [4.69, 9.17) is 9.47 Å². The van der Waals surface area contributed by atoms with Gasteiger partial charge in [-0.3, -0.25) is 4.79 Å². The third-order valence-corrected chi connectivity index (χ3v) is 6.38. The molecule has 0 bridgehead atoms. The first-order chi connectivity index (χ1) is 14.9. The molecule has 1 heterocycles. The van der Waals surface area contributed by atoms with E-state index in [2.05, 4.69) is 55.6 Å². The molecule has 0 saturated heterocycles. The summed E-state index contributed by atoms with van der Waals surface area (Å²) in [4.78, 5) is 14.1. The van der Waals surface area contributed by atoms with Gasteiger partial charge >= 0.3 is 0 Å². The minimum absolute atomic E-state index is 0.0388. The van der Waals surface area contributed by atoms with Gasteiger partial charge in [0.1, 0.15) is 12.6 Å². The van der Waals surface area contributed by atoms with Gasteiger partial charge in [0.2, 0.25) is 5.91 Å². The van der Waals surface area contributed by atoms with Crippen LogP contribution in [0.3, 0.4) is 0 Å². The molecule has 0 aromatic heterocycles. The van der Waals surface area contributed by atoms with Crippen LogP contribution in [0.2, 0.25) is 0 Å². The van der Waals surface area contributed by atoms with E-state index in [1.165, 1.54) is 27.2 Å². The third-order valence-electron chi connectivity index (χ3n) is 6.38. The van der Waals surface area contributed by atoms with Crippen LogP contribution in [0.15, 0.2) is 36.4 Å². The van der Waals surface area contributed by atoms with Gasteiger partial charge in [0.25, 0.3) is 0 Å². The highest BCUT2D eigenvalue weighted by atomic mass is 16.5. The topological polar surface area (TPSA) is 52.0 Å². The summed E-state index contributed by atoms with van der Waals surface area (Å²) in [6.45, 7) is 10.1. The fourth-order valence-electron chi connectivity index (χ4n) is 4.55. The predicted molar refractivity (Wildman–Crippen MR) is 124 cm³/mol. The first-order valence-electron chi connectivity index (χ1n) is 11.3. The summed E-state index contributed by atoms with van der Waals surface area (Å²) in [6.07, 6.45) is 1.84. The van der Waals surface area contributed by atoms with Crippen molar-refractivity contribution in [2.45, 2.75) is 59.2 Å². The Labute approximate surface area is 186 Å². The first-order valence-corrected chi connectivity index (χ1v) is 11.3. The van der Waals surface area contributed by atoms with E-state index in [-0.39, 0.29) is 23.9 Å². The molecular formula is C26H37N2O3+. The Hall–Kier alpha value is -2.53. The summed E-state index contributed by atoms with van der Waals surface area (Å²) in [7, 11) is 3.36. The van der Waals surface area contributed by atoms with Gasteiger partial charge in [-0.05, 0) is 31.0 Å². The van der Waals surface area contributed by atoms with Gasteiger partial charge in [-0.15, -0.1) is 0 Å². The molecule has 5 nitrogen and oxygen atoms in total. The molecule has 0 aliphatic carbocycles. The van der Waals surface area contributed by atoms with Gasteiger partial charge in [0.05, 0.1) is 26.8 Å². The van der Waals surface area contributed by atoms with Crippen molar-refractivity contribution in [2.75, 3.05) is 20.8 Å². The van der Waals surface area contributed by atoms with Gasteiger partial charge in [0, 0.05) is 23.5 Å². The van der Waals surface area contributed by atoms with E-state index >= 15 is 0 Å². The highest BCUT2D eigenvalue weighted by Crippen LogP contribution is 2.35. The van der Waals surface area contributed by atoms with Crippen LogP contribution in [0.4, 0.5) is 0 Å². The van der Waals surface area contributed by atoms with Crippen LogP contribution in [0.5, 0.6) is 11.5 Å². The molecule has 0 radical (unpaired) electrons. The van der Waals surface area contributed by atoms with Crippen molar-refractivity contribution < 1.29 is 19.2 Å². The van der Waals surface area contributed by atoms with E-state index in [9.17, 15) is 4.79 Å². The SMILES string of the molecule is CC[C@@H](NC(=O)C(C)C)[C@H]1c2cc(OC)c(OC)cc2CC[NH+]1Cc1ccc(C)cc1. The molecule has 1 aliphatic heterocycles. The molecule has 1 aliphatic rings. The monoisotopic (exact) mass is 425 g/mol. The van der Waals surface area contributed by atoms with E-state index in [1.807, 2.05) is 13.8 Å². The molecule has 1 amide bonds. The average molecular weight is 426 g/mol. The Morgan fingerprint density at radius 2 is 1.77 bits per heavy atom. The minimum atomic E-state index is -0.0388. The number of carbonyl (C=O) groups excluding carboxylic acids is 1. The summed E-state index contributed by atoms with van der Waals surface area (Å²) >= 11 is 0. The molecule has 1 unspecified atom stereocenters. The maximum atomic E-state index is 12.6. The van der Waals surface area contributed by atoms with E-state index in [0.717, 1.165) is 37.4 Å². The molecule has 2 aromatic rings. The van der Waals surface area contributed by atoms with Crippen molar-refractivity contribution in [2.24, 2.45) is 5.92 Å². The Bertz CT molecular complexity index is 892. The van der Waals surface area contributed by atoms with Gasteiger partial charge < -0.3 is 19.7 Å². The number of hydrogen-bond acceptors (Lipinski definition) is 3. The summed E-state index contributed by atoms with van der Waals surface area (Å²) in [5, 5.41) is 3.34. The number of rotatable bonds is 8. The lowest BCUT2D eigenvalue weighted by Crippen LogP contribution is -3.13. The van der Waals surface area contributed by atoms with Crippen LogP contribution in [0, 0.1) is 12.8 Å². The number of amides is 1. The Morgan fingerprint density at radius 3 is 2.35 bits per heavy atom. The average Bonchev–Trinajstić information content (AvgIpc) is 2.77. The smallest absolute Gasteiger partial charge is 0.222 e. The predicted octanol–water partition coefficient (Wildman–Crippen LogP) is 3.25. The van der Waals surface area contributed by atoms with Gasteiger partial charge in [-0.2, -0.15) is 0 Å². The molecule has 5 heteroatoms. The maximum absolute atomic E-state index is 12.6. The van der Waals surface area contributed by atoms with Crippen molar-refractivity contribution in [1.82, 2.24) is 5.32 Å². The maximum Gasteiger partial charge on any atom is 0.222 e. The second kappa shape index (κ2) is 10.2. The lowest BCUT2D eigenvalue weighted by atomic mass is 9.86. The first kappa shape index (κ1) is 23.1. The van der Waals surface area contributed by atoms with Gasteiger partial charge in [-0.1, -0.05) is 50.6 Å². The molecule has 0 spiro atoms. The molecule has 2 N–H and O–H groups in total. The van der Waals surface area contributed by atoms with Crippen molar-refractivity contribution in [3.63, 3.8) is 0 Å². The zero-order valence-electron chi connectivity index (χ0n) is 19.7. The molecule has 0 saturated carbocycles. The van der Waals surface area contributed by atoms with Gasteiger partial charge in [-0.25, -0.2) is 0 Å². The number of benzene rings is 2. The summed E-state index contributed by atoms with van der Waals surface area (Å²) in [6, 6.07) is 13.2. The van der Waals surface area contributed by atoms with Crippen LogP contribution in [-0.2, 0) is 17.8 Å². The second-order valence-corrected chi connectivity index (χ2v) is 8.88. The van der Waals surface area contributed by atoms with Crippen molar-refractivity contribution >= 4 is 5.91 Å². The van der Waals surface area contributed by atoms with Crippen molar-refractivity contribution in [3.8, 4) is 11.5 Å². The highest BCUT2D eigenvalue weighted by Gasteiger charge is 2.38. The summed E-state index contributed by atoms with van der Waals surface area (Å²) in [5.41, 5.74) is 5.13. The van der Waals surface area contributed by atoms with Crippen molar-refractivity contribution in [3.05, 3.63) is 58.7 Å². The van der Waals surface area contributed by atoms with Crippen LogP contribution in [0.25, 0.3) is 0 Å². The fourth-order valence-corrected chi connectivity index (χ4v) is 4.55. The number of quaternary nitrogens is 1. The van der Waals surface area contributed by atoms with Crippen LogP contribution in [0.1, 0.15) is 55.5 Å². The number of nitrogens with one attached hydrogen (secondary N) is 2. The zero-order valence-corrected chi connectivity index (χ0v) is 19.7. The lowest BCUT2D eigenvalue weighted by molar-refractivity contribution is -0.948. The molecule has 3 atom stereocenters. The van der Waals surface area contributed by atoms with E-state index in [0.29, 0.717) is 0 Å². The van der Waals surface area contributed by atoms with E-state index < -0.39 is 0 Å². The molecule has 2 aromatic carbocycles. The van der Waals surface area contributed by atoms with Crippen LogP contribution >= 0.6 is 0 Å². The Morgan fingerprint density at radius 1 is 1.13 bits per heavy atom. The standard InChI is InChI=1S/C26H36N2O3/c1-7-22(27-26(29)17(2)3)25-21-15-24(31-6)23(30-5)14-20(21)12-13-28(25)16-19-10-8-18(4)9-11-19/h8-11,14-15,17,22,25H,7,12-13,16H2,1-6H3,(H,27,29)/p+1/t22-,25-/m1/s1. The Balaban J connectivity index is 2.02. The molecule has 0 fully saturated rings. The fraction of sp³-hybridized carbons (Fsp3) is 0.500. The minimum Gasteiger partial charge on any atom is -0.493 e. The van der Waals surface area contributed by atoms with Crippen molar-refractivity contribution in [1.29, 1.82) is 0 Å². The largest absolute Gasteiger partial charge is 0.493 e. The van der Waals surface area contributed by atoms with Gasteiger partial charge in [0.15, 0.2) is 11.5 Å². The summed E-state index contributed by atoms with van der Waals surface area (Å²) < 4.78 is 11.2. The summed E-state index contributed by atoms with van der Waals surface area (Å²) in [5.74, 6) is 1.58. The molecule has 168 valence electrons. The number of carbonyl (C=O) groups is 1. The zero-order chi connectivity index (χ0) is 22.5. The van der Waals surface area contributed by atoms with Crippen LogP contribution < -0.4 is 19.7 Å². The molecule has 31 heavy (non-hydrogen) atoms. The number of aryl methyl sites for hydroxylation is 1. The highest BCUT2D eigenvalue weighted by molar-refractivity contribution is 5.78. The second-order valence-electron chi connectivity index (χ2n) is 8.88. The molecular weight excluding hydrogens is 388 g/mol. The lowest BCUT2D eigenvalue weighted by Gasteiger charge is -2.39. The molecule has 3 rings (SSSR count). The number of fused-ring (bicyclic) bond motifs is 1.